The van der Waals surface area contributed by atoms with Crippen molar-refractivity contribution < 1.29 is 18.7 Å². The van der Waals surface area contributed by atoms with Crippen LogP contribution >= 0.6 is 23.2 Å². The molecule has 33 heavy (non-hydrogen) atoms. The summed E-state index contributed by atoms with van der Waals surface area (Å²) in [6, 6.07) is 7.46. The maximum absolute atomic E-state index is 13.7. The monoisotopic (exact) mass is 492 g/mol. The van der Waals surface area contributed by atoms with E-state index in [1.807, 2.05) is 0 Å². The number of aliphatic hydroxyl groups is 1. The lowest BCUT2D eigenvalue weighted by Crippen LogP contribution is -2.45. The molecule has 10 heteroatoms. The van der Waals surface area contributed by atoms with Gasteiger partial charge in [0.05, 0.1) is 34.9 Å². The molecule has 1 aromatic heterocycles. The molecular weight excluding hydrogens is 473 g/mol. The largest absolute Gasteiger partial charge is 0.394 e. The van der Waals surface area contributed by atoms with Crippen LogP contribution in [0.4, 0.5) is 13.6 Å². The third-order valence-corrected chi connectivity index (χ3v) is 6.05. The second-order valence-corrected chi connectivity index (χ2v) is 8.53. The molecule has 0 unspecified atom stereocenters. The molecule has 2 N–H and O–H groups in total. The lowest BCUT2D eigenvalue weighted by atomic mass is 10.1. The first-order valence-corrected chi connectivity index (χ1v) is 11.0. The summed E-state index contributed by atoms with van der Waals surface area (Å²) in [5.74, 6) is -0.573. The van der Waals surface area contributed by atoms with Gasteiger partial charge in [0.15, 0.2) is 0 Å². The van der Waals surface area contributed by atoms with Crippen LogP contribution in [0, 0.1) is 11.6 Å². The number of nitrogens with one attached hydrogen (secondary N) is 1. The Bertz CT molecular complexity index is 1200. The van der Waals surface area contributed by atoms with Crippen molar-refractivity contribution in [3.8, 4) is 0 Å². The van der Waals surface area contributed by atoms with Crippen molar-refractivity contribution in [1.82, 2.24) is 20.2 Å². The van der Waals surface area contributed by atoms with Crippen molar-refractivity contribution in [2.24, 2.45) is 0 Å². The second kappa shape index (κ2) is 9.99. The van der Waals surface area contributed by atoms with Crippen LogP contribution in [-0.2, 0) is 19.4 Å². The van der Waals surface area contributed by atoms with Crippen LogP contribution in [0.25, 0.3) is 0 Å². The van der Waals surface area contributed by atoms with Gasteiger partial charge in [-0.15, -0.1) is 0 Å². The van der Waals surface area contributed by atoms with E-state index in [-0.39, 0.29) is 29.2 Å². The van der Waals surface area contributed by atoms with E-state index >= 15 is 0 Å². The molecule has 2 amide bonds. The molecule has 172 valence electrons. The summed E-state index contributed by atoms with van der Waals surface area (Å²) in [6.07, 6.45) is 2.63. The van der Waals surface area contributed by atoms with Crippen molar-refractivity contribution in [2.75, 3.05) is 13.2 Å². The van der Waals surface area contributed by atoms with Crippen LogP contribution in [0.2, 0.25) is 10.0 Å². The second-order valence-electron chi connectivity index (χ2n) is 7.71. The highest BCUT2D eigenvalue weighted by molar-refractivity contribution is 6.31. The van der Waals surface area contributed by atoms with Crippen molar-refractivity contribution in [3.63, 3.8) is 0 Å². The van der Waals surface area contributed by atoms with Gasteiger partial charge in [-0.1, -0.05) is 35.3 Å². The topological polar surface area (TPSA) is 78.4 Å². The molecule has 6 nitrogen and oxygen atoms in total. The smallest absolute Gasteiger partial charge is 0.318 e. The molecule has 1 aliphatic rings. The molecule has 2 aromatic carbocycles. The van der Waals surface area contributed by atoms with E-state index in [1.54, 1.807) is 17.2 Å². The Morgan fingerprint density at radius 2 is 1.97 bits per heavy atom. The number of carbonyl (C=O) groups excluding carboxylic acids is 1. The van der Waals surface area contributed by atoms with Crippen LogP contribution in [0.3, 0.4) is 0 Å². The number of aromatic nitrogens is 2. The van der Waals surface area contributed by atoms with E-state index in [0.717, 1.165) is 5.56 Å². The first kappa shape index (κ1) is 23.4. The predicted molar refractivity (Wildman–Crippen MR) is 120 cm³/mol. The molecular formula is C23H20Cl2F2N4O2. The van der Waals surface area contributed by atoms with Crippen molar-refractivity contribution >= 4 is 29.2 Å². The summed E-state index contributed by atoms with van der Waals surface area (Å²) in [7, 11) is 0. The third-order valence-electron chi connectivity index (χ3n) is 5.46. The number of carbonyl (C=O) groups is 1. The van der Waals surface area contributed by atoms with E-state index in [9.17, 15) is 18.7 Å². The molecule has 3 aromatic rings. The highest BCUT2D eigenvalue weighted by atomic mass is 35.5. The van der Waals surface area contributed by atoms with Gasteiger partial charge in [-0.25, -0.2) is 23.5 Å². The number of urea groups is 1. The summed E-state index contributed by atoms with van der Waals surface area (Å²) in [5.41, 5.74) is 2.83. The van der Waals surface area contributed by atoms with E-state index in [1.165, 1.54) is 30.3 Å². The first-order chi connectivity index (χ1) is 15.8. The quantitative estimate of drug-likeness (QED) is 0.551. The molecule has 1 aliphatic heterocycles. The van der Waals surface area contributed by atoms with Crippen LogP contribution in [0.15, 0.2) is 42.6 Å². The van der Waals surface area contributed by atoms with Gasteiger partial charge < -0.3 is 15.3 Å². The summed E-state index contributed by atoms with van der Waals surface area (Å²) >= 11 is 11.6. The van der Waals surface area contributed by atoms with Gasteiger partial charge in [0, 0.05) is 19.2 Å². The van der Waals surface area contributed by atoms with Gasteiger partial charge in [-0.3, -0.25) is 0 Å². The highest BCUT2D eigenvalue weighted by Gasteiger charge is 2.25. The standard InChI is InChI=1S/C23H20Cl2F2N4O2/c24-16-3-1-13(7-19(16)27)8-22-28-10-15-5-6-31(11-20(15)29-22)23(33)30-21(12-32)14-2-4-18(26)17(25)9-14/h1-4,7,9-10,21,32H,5-6,8,11-12H2,(H,30,33)/t21-/m1/s1. The molecule has 0 spiro atoms. The number of amides is 2. The summed E-state index contributed by atoms with van der Waals surface area (Å²) in [5, 5.41) is 12.5. The fourth-order valence-electron chi connectivity index (χ4n) is 3.64. The SMILES string of the molecule is O=C(N[C@H](CO)c1ccc(F)c(Cl)c1)N1CCc2cnc(Cc3ccc(Cl)c(F)c3)nc2C1. The lowest BCUT2D eigenvalue weighted by molar-refractivity contribution is 0.176. The fourth-order valence-corrected chi connectivity index (χ4v) is 3.95. The molecule has 0 radical (unpaired) electrons. The van der Waals surface area contributed by atoms with Gasteiger partial charge in [0.25, 0.3) is 0 Å². The summed E-state index contributed by atoms with van der Waals surface area (Å²) in [6.45, 7) is 0.336. The lowest BCUT2D eigenvalue weighted by Gasteiger charge is -2.30. The van der Waals surface area contributed by atoms with Crippen LogP contribution in [0.5, 0.6) is 0 Å². The number of fused-ring (bicyclic) bond motifs is 1. The minimum absolute atomic E-state index is 0.0517. The Morgan fingerprint density at radius 3 is 2.70 bits per heavy atom. The average Bonchev–Trinajstić information content (AvgIpc) is 2.81. The number of hydrogen-bond acceptors (Lipinski definition) is 4. The van der Waals surface area contributed by atoms with Gasteiger partial charge >= 0.3 is 6.03 Å². The molecule has 0 bridgehead atoms. The van der Waals surface area contributed by atoms with Gasteiger partial charge in [-0.05, 0) is 47.4 Å². The highest BCUT2D eigenvalue weighted by Crippen LogP contribution is 2.23. The maximum atomic E-state index is 13.7. The zero-order chi connectivity index (χ0) is 23.5. The van der Waals surface area contributed by atoms with E-state index in [4.69, 9.17) is 23.2 Å². The summed E-state index contributed by atoms with van der Waals surface area (Å²) in [4.78, 5) is 23.4. The van der Waals surface area contributed by atoms with E-state index in [0.29, 0.717) is 42.0 Å². The predicted octanol–water partition coefficient (Wildman–Crippen LogP) is 4.45. The fraction of sp³-hybridized carbons (Fsp3) is 0.261. The van der Waals surface area contributed by atoms with E-state index in [2.05, 4.69) is 15.3 Å². The Kier molecular flexibility index (Phi) is 7.07. The molecule has 0 aliphatic carbocycles. The molecule has 1 atom stereocenters. The number of aliphatic hydroxyl groups excluding tert-OH is 1. The normalized spacial score (nSPS) is 14.0. The van der Waals surface area contributed by atoms with Crippen molar-refractivity contribution in [1.29, 1.82) is 0 Å². The number of hydrogen-bond donors (Lipinski definition) is 2. The van der Waals surface area contributed by atoms with Gasteiger partial charge in [0.1, 0.15) is 17.5 Å². The molecule has 0 saturated heterocycles. The van der Waals surface area contributed by atoms with E-state index < -0.39 is 17.7 Å². The molecule has 0 fully saturated rings. The van der Waals surface area contributed by atoms with Gasteiger partial charge in [-0.2, -0.15) is 0 Å². The minimum atomic E-state index is -0.738. The van der Waals surface area contributed by atoms with Crippen LogP contribution in [0.1, 0.15) is 34.3 Å². The summed E-state index contributed by atoms with van der Waals surface area (Å²) < 4.78 is 27.2. The van der Waals surface area contributed by atoms with Crippen molar-refractivity contribution in [2.45, 2.75) is 25.4 Å². The zero-order valence-corrected chi connectivity index (χ0v) is 18.9. The third kappa shape index (κ3) is 5.40. The Labute approximate surface area is 199 Å². The first-order valence-electron chi connectivity index (χ1n) is 10.2. The number of halogens is 4. The number of rotatable bonds is 5. The maximum Gasteiger partial charge on any atom is 0.318 e. The zero-order valence-electron chi connectivity index (χ0n) is 17.4. The molecule has 4 rings (SSSR count). The Balaban J connectivity index is 1.45. The number of nitrogens with zero attached hydrogens (tertiary/aromatic N) is 3. The molecule has 2 heterocycles. The van der Waals surface area contributed by atoms with Crippen molar-refractivity contribution in [3.05, 3.63) is 92.5 Å². The average molecular weight is 493 g/mol. The number of benzene rings is 2. The minimum Gasteiger partial charge on any atom is -0.394 e. The van der Waals surface area contributed by atoms with Crippen LogP contribution in [-0.4, -0.2) is 39.2 Å². The Hall–Kier alpha value is -2.81. The van der Waals surface area contributed by atoms with Gasteiger partial charge in [0.2, 0.25) is 0 Å². The Morgan fingerprint density at radius 1 is 1.15 bits per heavy atom. The van der Waals surface area contributed by atoms with Crippen LogP contribution < -0.4 is 5.32 Å². The molecule has 0 saturated carbocycles.